The summed E-state index contributed by atoms with van der Waals surface area (Å²) >= 11 is 0. The zero-order chi connectivity index (χ0) is 13.6. The van der Waals surface area contributed by atoms with Crippen molar-refractivity contribution in [2.24, 2.45) is 5.73 Å². The summed E-state index contributed by atoms with van der Waals surface area (Å²) in [7, 11) is 0. The van der Waals surface area contributed by atoms with E-state index >= 15 is 0 Å². The number of hydrogen-bond acceptors (Lipinski definition) is 4. The Morgan fingerprint density at radius 2 is 2.22 bits per heavy atom. The summed E-state index contributed by atoms with van der Waals surface area (Å²) in [6.07, 6.45) is 2.75. The van der Waals surface area contributed by atoms with Gasteiger partial charge < -0.3 is 20.1 Å². The van der Waals surface area contributed by atoms with Gasteiger partial charge in [-0.25, -0.2) is 4.79 Å². The summed E-state index contributed by atoms with van der Waals surface area (Å²) in [6, 6.07) is 0. The highest BCUT2D eigenvalue weighted by atomic mass is 16.6. The molecule has 1 rings (SSSR count). The van der Waals surface area contributed by atoms with Gasteiger partial charge in [-0.05, 0) is 46.6 Å². The lowest BCUT2D eigenvalue weighted by atomic mass is 10.2. The molecule has 0 saturated carbocycles. The fraction of sp³-hybridized carbons (Fsp3) is 0.923. The summed E-state index contributed by atoms with van der Waals surface area (Å²) < 4.78 is 11.0. The zero-order valence-electron chi connectivity index (χ0n) is 11.8. The van der Waals surface area contributed by atoms with Crippen molar-refractivity contribution >= 4 is 6.09 Å². The van der Waals surface area contributed by atoms with Gasteiger partial charge in [0.15, 0.2) is 0 Å². The Morgan fingerprint density at radius 3 is 2.72 bits per heavy atom. The number of carbonyl (C=O) groups is 1. The van der Waals surface area contributed by atoms with Gasteiger partial charge in [0, 0.05) is 13.2 Å². The molecule has 1 aliphatic rings. The maximum absolute atomic E-state index is 12.1. The molecule has 1 unspecified atom stereocenters. The lowest BCUT2D eigenvalue weighted by Gasteiger charge is -2.28. The number of amides is 1. The van der Waals surface area contributed by atoms with E-state index in [0.29, 0.717) is 19.6 Å². The Morgan fingerprint density at radius 1 is 1.50 bits per heavy atom. The van der Waals surface area contributed by atoms with E-state index in [1.807, 2.05) is 20.8 Å². The molecule has 1 heterocycles. The third-order valence-electron chi connectivity index (χ3n) is 2.73. The van der Waals surface area contributed by atoms with Crippen LogP contribution in [-0.2, 0) is 9.47 Å². The van der Waals surface area contributed by atoms with Gasteiger partial charge in [-0.2, -0.15) is 0 Å². The molecule has 0 aromatic heterocycles. The quantitative estimate of drug-likeness (QED) is 0.816. The summed E-state index contributed by atoms with van der Waals surface area (Å²) in [5, 5.41) is 0. The second kappa shape index (κ2) is 6.95. The standard InChI is InChI=1S/C13H26N2O3/c1-13(2,3)18-12(16)15(8-5-7-14)10-11-6-4-9-17-11/h11H,4-10,14H2,1-3H3. The van der Waals surface area contributed by atoms with Crippen LogP contribution in [0.3, 0.4) is 0 Å². The Balaban J connectivity index is 2.50. The average molecular weight is 258 g/mol. The fourth-order valence-electron chi connectivity index (χ4n) is 1.90. The number of hydrogen-bond donors (Lipinski definition) is 1. The Kier molecular flexibility index (Phi) is 5.88. The van der Waals surface area contributed by atoms with Gasteiger partial charge in [-0.3, -0.25) is 0 Å². The Hall–Kier alpha value is -0.810. The van der Waals surface area contributed by atoms with E-state index in [1.54, 1.807) is 4.90 Å². The van der Waals surface area contributed by atoms with Crippen LogP contribution in [0.1, 0.15) is 40.0 Å². The second-order valence-electron chi connectivity index (χ2n) is 5.70. The lowest BCUT2D eigenvalue weighted by molar-refractivity contribution is 0.0105. The van der Waals surface area contributed by atoms with E-state index in [0.717, 1.165) is 25.9 Å². The maximum Gasteiger partial charge on any atom is 0.410 e. The largest absolute Gasteiger partial charge is 0.444 e. The molecule has 0 aromatic rings. The van der Waals surface area contributed by atoms with E-state index < -0.39 is 5.60 Å². The van der Waals surface area contributed by atoms with Crippen molar-refractivity contribution < 1.29 is 14.3 Å². The van der Waals surface area contributed by atoms with Gasteiger partial charge in [0.25, 0.3) is 0 Å². The van der Waals surface area contributed by atoms with Crippen LogP contribution < -0.4 is 5.73 Å². The van der Waals surface area contributed by atoms with Gasteiger partial charge in [0.05, 0.1) is 12.6 Å². The third-order valence-corrected chi connectivity index (χ3v) is 2.73. The molecule has 0 bridgehead atoms. The molecule has 0 radical (unpaired) electrons. The summed E-state index contributed by atoms with van der Waals surface area (Å²) in [4.78, 5) is 13.8. The fourth-order valence-corrected chi connectivity index (χ4v) is 1.90. The van der Waals surface area contributed by atoms with Crippen molar-refractivity contribution in [3.63, 3.8) is 0 Å². The first kappa shape index (κ1) is 15.2. The molecule has 0 spiro atoms. The van der Waals surface area contributed by atoms with E-state index in [-0.39, 0.29) is 12.2 Å². The van der Waals surface area contributed by atoms with Crippen LogP contribution in [0.15, 0.2) is 0 Å². The molecule has 0 aromatic carbocycles. The summed E-state index contributed by atoms with van der Waals surface area (Å²) in [5.41, 5.74) is 5.04. The lowest BCUT2D eigenvalue weighted by Crippen LogP contribution is -2.41. The Labute approximate surface area is 110 Å². The van der Waals surface area contributed by atoms with Crippen LogP contribution in [0.4, 0.5) is 4.79 Å². The molecule has 106 valence electrons. The van der Waals surface area contributed by atoms with Crippen LogP contribution in [0.25, 0.3) is 0 Å². The van der Waals surface area contributed by atoms with Gasteiger partial charge >= 0.3 is 6.09 Å². The number of carbonyl (C=O) groups excluding carboxylic acids is 1. The van der Waals surface area contributed by atoms with Gasteiger partial charge in [0.2, 0.25) is 0 Å². The normalized spacial score (nSPS) is 19.9. The third kappa shape index (κ3) is 5.69. The van der Waals surface area contributed by atoms with Crippen molar-refractivity contribution in [1.29, 1.82) is 0 Å². The van der Waals surface area contributed by atoms with Gasteiger partial charge in [0.1, 0.15) is 5.60 Å². The first-order chi connectivity index (χ1) is 8.42. The first-order valence-electron chi connectivity index (χ1n) is 6.72. The Bertz CT molecular complexity index is 257. The van der Waals surface area contributed by atoms with Crippen LogP contribution in [0.5, 0.6) is 0 Å². The number of nitrogens with two attached hydrogens (primary N) is 1. The van der Waals surface area contributed by atoms with Crippen molar-refractivity contribution in [3.8, 4) is 0 Å². The highest BCUT2D eigenvalue weighted by molar-refractivity contribution is 5.68. The minimum atomic E-state index is -0.464. The minimum absolute atomic E-state index is 0.148. The number of ether oxygens (including phenoxy) is 2. The topological polar surface area (TPSA) is 64.8 Å². The molecule has 18 heavy (non-hydrogen) atoms. The molecular formula is C13H26N2O3. The second-order valence-corrected chi connectivity index (χ2v) is 5.70. The van der Waals surface area contributed by atoms with Crippen molar-refractivity contribution in [1.82, 2.24) is 4.90 Å². The molecule has 2 N–H and O–H groups in total. The molecular weight excluding hydrogens is 232 g/mol. The van der Waals surface area contributed by atoms with Gasteiger partial charge in [-0.1, -0.05) is 0 Å². The van der Waals surface area contributed by atoms with Crippen LogP contribution >= 0.6 is 0 Å². The molecule has 1 atom stereocenters. The maximum atomic E-state index is 12.1. The smallest absolute Gasteiger partial charge is 0.410 e. The monoisotopic (exact) mass is 258 g/mol. The number of nitrogens with zero attached hydrogens (tertiary/aromatic N) is 1. The first-order valence-corrected chi connectivity index (χ1v) is 6.72. The SMILES string of the molecule is CC(C)(C)OC(=O)N(CCCN)CC1CCCO1. The highest BCUT2D eigenvalue weighted by Crippen LogP contribution is 2.16. The summed E-state index contributed by atoms with van der Waals surface area (Å²) in [6.45, 7) is 8.23. The molecule has 1 saturated heterocycles. The highest BCUT2D eigenvalue weighted by Gasteiger charge is 2.26. The predicted octanol–water partition coefficient (Wildman–Crippen LogP) is 1.75. The predicted molar refractivity (Wildman–Crippen MR) is 70.5 cm³/mol. The molecule has 5 nitrogen and oxygen atoms in total. The van der Waals surface area contributed by atoms with Gasteiger partial charge in [-0.15, -0.1) is 0 Å². The van der Waals surface area contributed by atoms with E-state index in [9.17, 15) is 4.79 Å². The van der Waals surface area contributed by atoms with Crippen molar-refractivity contribution in [3.05, 3.63) is 0 Å². The molecule has 1 fully saturated rings. The van der Waals surface area contributed by atoms with Crippen LogP contribution in [-0.4, -0.2) is 48.9 Å². The van der Waals surface area contributed by atoms with Crippen LogP contribution in [0, 0.1) is 0 Å². The minimum Gasteiger partial charge on any atom is -0.444 e. The van der Waals surface area contributed by atoms with Crippen LogP contribution in [0.2, 0.25) is 0 Å². The average Bonchev–Trinajstić information content (AvgIpc) is 2.74. The molecule has 1 aliphatic heterocycles. The zero-order valence-corrected chi connectivity index (χ0v) is 11.8. The molecule has 0 aliphatic carbocycles. The van der Waals surface area contributed by atoms with E-state index in [1.165, 1.54) is 0 Å². The molecule has 1 amide bonds. The summed E-state index contributed by atoms with van der Waals surface area (Å²) in [5.74, 6) is 0. The van der Waals surface area contributed by atoms with Crippen molar-refractivity contribution in [2.75, 3.05) is 26.2 Å². The van der Waals surface area contributed by atoms with E-state index in [2.05, 4.69) is 0 Å². The van der Waals surface area contributed by atoms with E-state index in [4.69, 9.17) is 15.2 Å². The van der Waals surface area contributed by atoms with Crippen molar-refractivity contribution in [2.45, 2.75) is 51.7 Å². The number of rotatable bonds is 5. The molecule has 5 heteroatoms.